The lowest BCUT2D eigenvalue weighted by Crippen LogP contribution is -2.28. The first-order valence-electron chi connectivity index (χ1n) is 7.02. The van der Waals surface area contributed by atoms with Crippen LogP contribution in [0.2, 0.25) is 5.02 Å². The van der Waals surface area contributed by atoms with Crippen molar-refractivity contribution in [2.75, 3.05) is 13.1 Å². The van der Waals surface area contributed by atoms with Crippen molar-refractivity contribution in [3.8, 4) is 0 Å². The highest BCUT2D eigenvalue weighted by Crippen LogP contribution is 2.29. The van der Waals surface area contributed by atoms with Gasteiger partial charge in [0.1, 0.15) is 5.82 Å². The highest BCUT2D eigenvalue weighted by molar-refractivity contribution is 7.89. The Hall–Kier alpha value is -1.50. The van der Waals surface area contributed by atoms with Crippen LogP contribution in [0.5, 0.6) is 0 Å². The predicted molar refractivity (Wildman–Crippen MR) is 84.3 cm³/mol. The molecule has 22 heavy (non-hydrogen) atoms. The number of hydrogen-bond acceptors (Lipinski definition) is 4. The topological polar surface area (TPSA) is 63.2 Å². The largest absolute Gasteiger partial charge is 0.243 e. The Morgan fingerprint density at radius 1 is 1.23 bits per heavy atom. The molecule has 0 bridgehead atoms. The molecule has 3 rings (SSSR count). The molecule has 116 valence electrons. The molecule has 0 spiro atoms. The van der Waals surface area contributed by atoms with Crippen molar-refractivity contribution in [1.82, 2.24) is 14.3 Å². The second kappa shape index (κ2) is 5.95. The third-order valence-electron chi connectivity index (χ3n) is 3.78. The van der Waals surface area contributed by atoms with Crippen LogP contribution >= 0.6 is 11.6 Å². The second-order valence-electron chi connectivity index (χ2n) is 5.36. The molecular formula is C15H16ClN3O2S. The minimum absolute atomic E-state index is 0.0435. The Balaban J connectivity index is 1.81. The van der Waals surface area contributed by atoms with Crippen molar-refractivity contribution in [1.29, 1.82) is 0 Å². The van der Waals surface area contributed by atoms with Crippen LogP contribution in [0, 0.1) is 6.92 Å². The van der Waals surface area contributed by atoms with Crippen LogP contribution in [0.15, 0.2) is 41.4 Å². The zero-order valence-corrected chi connectivity index (χ0v) is 13.7. The summed E-state index contributed by atoms with van der Waals surface area (Å²) >= 11 is 5.81. The van der Waals surface area contributed by atoms with Crippen molar-refractivity contribution >= 4 is 21.6 Å². The summed E-state index contributed by atoms with van der Waals surface area (Å²) in [6.07, 6.45) is 2.45. The fourth-order valence-corrected chi connectivity index (χ4v) is 4.20. The van der Waals surface area contributed by atoms with Crippen LogP contribution in [-0.2, 0) is 10.0 Å². The number of benzene rings is 1. The van der Waals surface area contributed by atoms with Crippen LogP contribution in [-0.4, -0.2) is 35.8 Å². The van der Waals surface area contributed by atoms with Crippen LogP contribution in [0.3, 0.4) is 0 Å². The summed E-state index contributed by atoms with van der Waals surface area (Å²) in [6.45, 7) is 2.80. The first kappa shape index (κ1) is 15.4. The molecule has 1 aliphatic rings. The molecule has 1 aromatic heterocycles. The molecule has 0 N–H and O–H groups in total. The van der Waals surface area contributed by atoms with Gasteiger partial charge in [-0.15, -0.1) is 0 Å². The average Bonchev–Trinajstić information content (AvgIpc) is 2.98. The van der Waals surface area contributed by atoms with E-state index < -0.39 is 10.0 Å². The summed E-state index contributed by atoms with van der Waals surface area (Å²) in [7, 11) is -3.49. The molecule has 0 amide bonds. The number of nitrogens with zero attached hydrogens (tertiary/aromatic N) is 3. The number of rotatable bonds is 3. The number of sulfonamides is 1. The molecule has 0 radical (unpaired) electrons. The molecule has 1 aromatic carbocycles. The molecule has 1 saturated heterocycles. The van der Waals surface area contributed by atoms with E-state index in [9.17, 15) is 8.42 Å². The van der Waals surface area contributed by atoms with Gasteiger partial charge in [0.05, 0.1) is 4.90 Å². The number of hydrogen-bond donors (Lipinski definition) is 0. The van der Waals surface area contributed by atoms with Gasteiger partial charge in [-0.1, -0.05) is 11.6 Å². The summed E-state index contributed by atoms with van der Waals surface area (Å²) in [5.41, 5.74) is 0.893. The smallest absolute Gasteiger partial charge is 0.241 e. The molecule has 1 unspecified atom stereocenters. The van der Waals surface area contributed by atoms with Crippen LogP contribution in [0.1, 0.15) is 23.9 Å². The predicted octanol–water partition coefficient (Wildman–Crippen LogP) is 2.62. The molecule has 1 fully saturated rings. The standard InChI is InChI=1S/C15H16ClN3O2S/c1-11-6-8-17-15(18-11)12-7-9-19(10-12)22(20,21)14-4-2-13(16)3-5-14/h2-6,8,12H,7,9-10H2,1H3. The van der Waals surface area contributed by atoms with Gasteiger partial charge in [-0.2, -0.15) is 4.31 Å². The molecular weight excluding hydrogens is 322 g/mol. The Morgan fingerprint density at radius 2 is 1.95 bits per heavy atom. The molecule has 0 saturated carbocycles. The molecule has 1 aliphatic heterocycles. The van der Waals surface area contributed by atoms with Crippen molar-refractivity contribution in [3.63, 3.8) is 0 Å². The van der Waals surface area contributed by atoms with Gasteiger partial charge in [-0.25, -0.2) is 18.4 Å². The van der Waals surface area contributed by atoms with E-state index >= 15 is 0 Å². The molecule has 2 aromatic rings. The lowest BCUT2D eigenvalue weighted by Gasteiger charge is -2.16. The maximum Gasteiger partial charge on any atom is 0.243 e. The monoisotopic (exact) mass is 337 g/mol. The minimum atomic E-state index is -3.49. The fraction of sp³-hybridized carbons (Fsp3) is 0.333. The highest BCUT2D eigenvalue weighted by Gasteiger charge is 2.34. The van der Waals surface area contributed by atoms with Crippen molar-refractivity contribution in [3.05, 3.63) is 53.1 Å². The van der Waals surface area contributed by atoms with Crippen LogP contribution in [0.4, 0.5) is 0 Å². The van der Waals surface area contributed by atoms with Gasteiger partial charge in [-0.3, -0.25) is 0 Å². The summed E-state index contributed by atoms with van der Waals surface area (Å²) in [5.74, 6) is 0.760. The maximum absolute atomic E-state index is 12.6. The van der Waals surface area contributed by atoms with E-state index in [2.05, 4.69) is 9.97 Å². The Kier molecular flexibility index (Phi) is 4.16. The zero-order chi connectivity index (χ0) is 15.7. The van der Waals surface area contributed by atoms with Gasteiger partial charge in [-0.05, 0) is 43.7 Å². The third-order valence-corrected chi connectivity index (χ3v) is 5.91. The van der Waals surface area contributed by atoms with E-state index in [1.165, 1.54) is 16.4 Å². The van der Waals surface area contributed by atoms with E-state index in [0.29, 0.717) is 23.9 Å². The van der Waals surface area contributed by atoms with Gasteiger partial charge >= 0.3 is 0 Å². The lowest BCUT2D eigenvalue weighted by molar-refractivity contribution is 0.471. The molecule has 0 aliphatic carbocycles. The van der Waals surface area contributed by atoms with E-state index in [4.69, 9.17) is 11.6 Å². The van der Waals surface area contributed by atoms with Gasteiger partial charge in [0.25, 0.3) is 0 Å². The van der Waals surface area contributed by atoms with E-state index in [1.807, 2.05) is 13.0 Å². The summed E-state index contributed by atoms with van der Waals surface area (Å²) in [6, 6.07) is 8.08. The van der Waals surface area contributed by atoms with E-state index in [0.717, 1.165) is 12.1 Å². The molecule has 7 heteroatoms. The number of aryl methyl sites for hydroxylation is 1. The quantitative estimate of drug-likeness (QED) is 0.863. The Morgan fingerprint density at radius 3 is 2.64 bits per heavy atom. The first-order valence-corrected chi connectivity index (χ1v) is 8.84. The average molecular weight is 338 g/mol. The molecule has 2 heterocycles. The summed E-state index contributed by atoms with van der Waals surface area (Å²) in [5, 5.41) is 0.520. The van der Waals surface area contributed by atoms with Gasteiger partial charge < -0.3 is 0 Å². The van der Waals surface area contributed by atoms with Gasteiger partial charge in [0.15, 0.2) is 0 Å². The summed E-state index contributed by atoms with van der Waals surface area (Å²) < 4.78 is 26.8. The van der Waals surface area contributed by atoms with Crippen molar-refractivity contribution < 1.29 is 8.42 Å². The van der Waals surface area contributed by atoms with Crippen LogP contribution in [0.25, 0.3) is 0 Å². The fourth-order valence-electron chi connectivity index (χ4n) is 2.58. The first-order chi connectivity index (χ1) is 10.5. The number of aromatic nitrogens is 2. The SMILES string of the molecule is Cc1ccnc(C2CCN(S(=O)(=O)c3ccc(Cl)cc3)C2)n1. The zero-order valence-electron chi connectivity index (χ0n) is 12.1. The minimum Gasteiger partial charge on any atom is -0.241 e. The van der Waals surface area contributed by atoms with Gasteiger partial charge in [0.2, 0.25) is 10.0 Å². The molecule has 5 nitrogen and oxygen atoms in total. The van der Waals surface area contributed by atoms with Crippen molar-refractivity contribution in [2.24, 2.45) is 0 Å². The Labute approximate surface area is 135 Å². The van der Waals surface area contributed by atoms with E-state index in [1.54, 1.807) is 18.3 Å². The second-order valence-corrected chi connectivity index (χ2v) is 7.73. The molecule has 1 atom stereocenters. The number of halogens is 1. The normalized spacial score (nSPS) is 19.5. The highest BCUT2D eigenvalue weighted by atomic mass is 35.5. The van der Waals surface area contributed by atoms with Gasteiger partial charge in [0, 0.05) is 35.9 Å². The van der Waals surface area contributed by atoms with E-state index in [-0.39, 0.29) is 10.8 Å². The third kappa shape index (κ3) is 2.99. The summed E-state index contributed by atoms with van der Waals surface area (Å²) in [4.78, 5) is 8.94. The lowest BCUT2D eigenvalue weighted by atomic mass is 10.1. The van der Waals surface area contributed by atoms with Crippen LogP contribution < -0.4 is 0 Å². The van der Waals surface area contributed by atoms with Crippen molar-refractivity contribution in [2.45, 2.75) is 24.2 Å². The Bertz CT molecular complexity index is 778. The maximum atomic E-state index is 12.6.